The smallest absolute Gasteiger partial charge is 0.383 e. The van der Waals surface area contributed by atoms with Crippen LogP contribution in [0.25, 0.3) is 0 Å². The summed E-state index contributed by atoms with van der Waals surface area (Å²) < 4.78 is 38.7. The average Bonchev–Trinajstić information content (AvgIpc) is 2.15. The second-order valence-corrected chi connectivity index (χ2v) is 3.87. The zero-order valence-corrected chi connectivity index (χ0v) is 9.58. The standard InChI is InChI=1S/C10H14F3N3O/c1-3-4-6(2)16-5-7(10(11,12)13)8(14)15-9(16)17/h5-6H,3-4H2,1-2H3,(H2,14,15,17). The first-order valence-corrected chi connectivity index (χ1v) is 5.23. The van der Waals surface area contributed by atoms with E-state index in [4.69, 9.17) is 5.73 Å². The van der Waals surface area contributed by atoms with Crippen molar-refractivity contribution in [3.05, 3.63) is 22.2 Å². The van der Waals surface area contributed by atoms with Crippen LogP contribution in [0.4, 0.5) is 19.0 Å². The van der Waals surface area contributed by atoms with Gasteiger partial charge in [0, 0.05) is 12.2 Å². The normalized spacial score (nSPS) is 13.7. The maximum Gasteiger partial charge on any atom is 0.421 e. The molecule has 1 unspecified atom stereocenters. The number of nitrogen functional groups attached to an aromatic ring is 1. The van der Waals surface area contributed by atoms with Crippen LogP contribution in [-0.4, -0.2) is 9.55 Å². The maximum atomic E-state index is 12.6. The summed E-state index contributed by atoms with van der Waals surface area (Å²) in [5, 5.41) is 0. The molecular weight excluding hydrogens is 235 g/mol. The highest BCUT2D eigenvalue weighted by Crippen LogP contribution is 2.32. The Morgan fingerprint density at radius 1 is 1.53 bits per heavy atom. The first-order valence-electron chi connectivity index (χ1n) is 5.23. The molecule has 0 spiro atoms. The van der Waals surface area contributed by atoms with Crippen LogP contribution < -0.4 is 11.4 Å². The Hall–Kier alpha value is -1.53. The topological polar surface area (TPSA) is 60.9 Å². The quantitative estimate of drug-likeness (QED) is 0.893. The molecule has 0 radical (unpaired) electrons. The van der Waals surface area contributed by atoms with Crippen LogP contribution in [-0.2, 0) is 6.18 Å². The van der Waals surface area contributed by atoms with Gasteiger partial charge in [0.15, 0.2) is 0 Å². The molecule has 7 heteroatoms. The van der Waals surface area contributed by atoms with Crippen molar-refractivity contribution in [3.63, 3.8) is 0 Å². The van der Waals surface area contributed by atoms with Gasteiger partial charge in [0.2, 0.25) is 0 Å². The molecular formula is C10H14F3N3O. The Balaban J connectivity index is 3.29. The van der Waals surface area contributed by atoms with E-state index < -0.39 is 23.2 Å². The molecule has 0 aliphatic heterocycles. The van der Waals surface area contributed by atoms with Gasteiger partial charge in [0.1, 0.15) is 11.4 Å². The lowest BCUT2D eigenvalue weighted by Crippen LogP contribution is -2.29. The predicted molar refractivity (Wildman–Crippen MR) is 57.5 cm³/mol. The Bertz CT molecular complexity index is 453. The number of halogens is 3. The van der Waals surface area contributed by atoms with Gasteiger partial charge in [-0.3, -0.25) is 4.57 Å². The Morgan fingerprint density at radius 2 is 2.12 bits per heavy atom. The summed E-state index contributed by atoms with van der Waals surface area (Å²) in [6, 6.07) is -0.332. The molecule has 0 aromatic carbocycles. The van der Waals surface area contributed by atoms with E-state index in [0.29, 0.717) is 6.42 Å². The predicted octanol–water partition coefficient (Wildman–Crippen LogP) is 2.21. The Kier molecular flexibility index (Phi) is 3.79. The van der Waals surface area contributed by atoms with Gasteiger partial charge >= 0.3 is 11.9 Å². The summed E-state index contributed by atoms with van der Waals surface area (Å²) in [7, 11) is 0. The van der Waals surface area contributed by atoms with Crippen molar-refractivity contribution in [1.82, 2.24) is 9.55 Å². The molecule has 4 nitrogen and oxygen atoms in total. The van der Waals surface area contributed by atoms with Crippen molar-refractivity contribution in [2.45, 2.75) is 38.9 Å². The van der Waals surface area contributed by atoms with E-state index in [-0.39, 0.29) is 6.04 Å². The molecule has 0 aliphatic rings. The van der Waals surface area contributed by atoms with E-state index in [2.05, 4.69) is 4.98 Å². The molecule has 1 rings (SSSR count). The number of nitrogens with two attached hydrogens (primary N) is 1. The van der Waals surface area contributed by atoms with Gasteiger partial charge in [0.25, 0.3) is 0 Å². The van der Waals surface area contributed by atoms with E-state index in [0.717, 1.165) is 17.2 Å². The van der Waals surface area contributed by atoms with Crippen LogP contribution in [0.5, 0.6) is 0 Å². The van der Waals surface area contributed by atoms with Crippen LogP contribution in [0.2, 0.25) is 0 Å². The molecule has 0 saturated carbocycles. The minimum atomic E-state index is -4.60. The fraction of sp³-hybridized carbons (Fsp3) is 0.600. The third kappa shape index (κ3) is 2.98. The lowest BCUT2D eigenvalue weighted by molar-refractivity contribution is -0.137. The molecule has 0 aliphatic carbocycles. The summed E-state index contributed by atoms with van der Waals surface area (Å²) in [5.74, 6) is -0.776. The molecule has 2 N–H and O–H groups in total. The van der Waals surface area contributed by atoms with Gasteiger partial charge in [0.05, 0.1) is 0 Å². The largest absolute Gasteiger partial charge is 0.421 e. The number of nitrogens with zero attached hydrogens (tertiary/aromatic N) is 2. The van der Waals surface area contributed by atoms with Crippen molar-refractivity contribution < 1.29 is 13.2 Å². The molecule has 0 amide bonds. The molecule has 1 heterocycles. The van der Waals surface area contributed by atoms with Crippen LogP contribution in [0, 0.1) is 0 Å². The third-order valence-electron chi connectivity index (χ3n) is 2.47. The number of hydrogen-bond donors (Lipinski definition) is 1. The van der Waals surface area contributed by atoms with Gasteiger partial charge in [-0.05, 0) is 13.3 Å². The first kappa shape index (κ1) is 13.5. The maximum absolute atomic E-state index is 12.6. The highest BCUT2D eigenvalue weighted by atomic mass is 19.4. The molecule has 1 atom stereocenters. The molecule has 96 valence electrons. The summed E-state index contributed by atoms with van der Waals surface area (Å²) >= 11 is 0. The summed E-state index contributed by atoms with van der Waals surface area (Å²) in [6.07, 6.45) is -2.49. The fourth-order valence-electron chi connectivity index (χ4n) is 1.57. The van der Waals surface area contributed by atoms with E-state index in [1.54, 1.807) is 6.92 Å². The van der Waals surface area contributed by atoms with Crippen LogP contribution >= 0.6 is 0 Å². The monoisotopic (exact) mass is 249 g/mol. The number of anilines is 1. The lowest BCUT2D eigenvalue weighted by atomic mass is 10.2. The van der Waals surface area contributed by atoms with Crippen molar-refractivity contribution in [2.75, 3.05) is 5.73 Å². The van der Waals surface area contributed by atoms with Gasteiger partial charge in [-0.25, -0.2) is 4.79 Å². The van der Waals surface area contributed by atoms with E-state index in [1.165, 1.54) is 0 Å². The molecule has 17 heavy (non-hydrogen) atoms. The van der Waals surface area contributed by atoms with Crippen molar-refractivity contribution in [2.24, 2.45) is 0 Å². The second-order valence-electron chi connectivity index (χ2n) is 3.87. The van der Waals surface area contributed by atoms with Gasteiger partial charge in [-0.2, -0.15) is 18.2 Å². The lowest BCUT2D eigenvalue weighted by Gasteiger charge is -2.16. The number of rotatable bonds is 3. The van der Waals surface area contributed by atoms with Crippen LogP contribution in [0.3, 0.4) is 0 Å². The molecule has 0 fully saturated rings. The van der Waals surface area contributed by atoms with Crippen molar-refractivity contribution in [3.8, 4) is 0 Å². The van der Waals surface area contributed by atoms with Crippen molar-refractivity contribution >= 4 is 5.82 Å². The highest BCUT2D eigenvalue weighted by Gasteiger charge is 2.35. The van der Waals surface area contributed by atoms with E-state index in [9.17, 15) is 18.0 Å². The van der Waals surface area contributed by atoms with Crippen LogP contribution in [0.15, 0.2) is 11.0 Å². The number of hydrogen-bond acceptors (Lipinski definition) is 3. The number of aromatic nitrogens is 2. The fourth-order valence-corrected chi connectivity index (χ4v) is 1.57. The van der Waals surface area contributed by atoms with E-state index in [1.807, 2.05) is 6.92 Å². The average molecular weight is 249 g/mol. The SMILES string of the molecule is CCCC(C)n1cc(C(F)(F)F)c(N)nc1=O. The summed E-state index contributed by atoms with van der Waals surface area (Å²) in [4.78, 5) is 14.6. The minimum absolute atomic E-state index is 0.332. The highest BCUT2D eigenvalue weighted by molar-refractivity contribution is 5.38. The minimum Gasteiger partial charge on any atom is -0.383 e. The Morgan fingerprint density at radius 3 is 2.59 bits per heavy atom. The van der Waals surface area contributed by atoms with E-state index >= 15 is 0 Å². The third-order valence-corrected chi connectivity index (χ3v) is 2.47. The zero-order chi connectivity index (χ0) is 13.2. The summed E-state index contributed by atoms with van der Waals surface area (Å²) in [6.45, 7) is 3.56. The second kappa shape index (κ2) is 4.77. The zero-order valence-electron chi connectivity index (χ0n) is 9.58. The molecule has 0 saturated heterocycles. The van der Waals surface area contributed by atoms with Gasteiger partial charge < -0.3 is 5.73 Å². The number of alkyl halides is 3. The van der Waals surface area contributed by atoms with Gasteiger partial charge in [-0.1, -0.05) is 13.3 Å². The molecule has 1 aromatic rings. The summed E-state index contributed by atoms with van der Waals surface area (Å²) in [5.41, 5.74) is 3.28. The first-order chi connectivity index (χ1) is 7.77. The Labute approximate surface area is 96.3 Å². The molecule has 1 aromatic heterocycles. The van der Waals surface area contributed by atoms with Gasteiger partial charge in [-0.15, -0.1) is 0 Å². The van der Waals surface area contributed by atoms with Crippen LogP contribution in [0.1, 0.15) is 38.3 Å². The molecule has 0 bridgehead atoms. The van der Waals surface area contributed by atoms with Crippen molar-refractivity contribution in [1.29, 1.82) is 0 Å².